The summed E-state index contributed by atoms with van der Waals surface area (Å²) in [4.78, 5) is 12.2. The highest BCUT2D eigenvalue weighted by Crippen LogP contribution is 2.38. The van der Waals surface area contributed by atoms with Crippen molar-refractivity contribution in [1.29, 1.82) is 0 Å². The molecule has 23 heavy (non-hydrogen) atoms. The van der Waals surface area contributed by atoms with Crippen LogP contribution < -0.4 is 10.6 Å². The molecule has 1 aromatic carbocycles. The summed E-state index contributed by atoms with van der Waals surface area (Å²) in [5.74, 6) is 0.739. The van der Waals surface area contributed by atoms with Gasteiger partial charge in [0.2, 0.25) is 0 Å². The van der Waals surface area contributed by atoms with E-state index in [1.807, 2.05) is 6.07 Å². The number of carbonyl (C=O) groups is 1. The van der Waals surface area contributed by atoms with Gasteiger partial charge in [0, 0.05) is 18.7 Å². The average molecular weight is 316 g/mol. The zero-order valence-electron chi connectivity index (χ0n) is 14.2. The Morgan fingerprint density at radius 3 is 2.83 bits per heavy atom. The third-order valence-corrected chi connectivity index (χ3v) is 4.96. The van der Waals surface area contributed by atoms with Gasteiger partial charge in [-0.3, -0.25) is 0 Å². The Bertz CT molecular complexity index is 542. The molecule has 0 aromatic heterocycles. The van der Waals surface area contributed by atoms with Crippen LogP contribution in [0.25, 0.3) is 0 Å². The highest BCUT2D eigenvalue weighted by molar-refractivity contribution is 5.74. The summed E-state index contributed by atoms with van der Waals surface area (Å²) in [5.41, 5.74) is 2.57. The summed E-state index contributed by atoms with van der Waals surface area (Å²) in [6.45, 7) is 4.94. The van der Waals surface area contributed by atoms with E-state index in [9.17, 15) is 4.79 Å². The summed E-state index contributed by atoms with van der Waals surface area (Å²) in [6, 6.07) is 8.66. The van der Waals surface area contributed by atoms with E-state index in [1.54, 1.807) is 0 Å². The van der Waals surface area contributed by atoms with Crippen LogP contribution in [-0.4, -0.2) is 30.8 Å². The molecule has 126 valence electrons. The van der Waals surface area contributed by atoms with Crippen LogP contribution in [0, 0.1) is 12.8 Å². The minimum absolute atomic E-state index is 0.0486. The van der Waals surface area contributed by atoms with Gasteiger partial charge in [0.25, 0.3) is 0 Å². The largest absolute Gasteiger partial charge is 0.378 e. The van der Waals surface area contributed by atoms with Crippen LogP contribution in [-0.2, 0) is 11.2 Å². The third kappa shape index (κ3) is 4.71. The molecule has 2 amide bonds. The van der Waals surface area contributed by atoms with Crippen molar-refractivity contribution in [2.75, 3.05) is 6.61 Å². The molecule has 1 saturated heterocycles. The monoisotopic (exact) mass is 316 g/mol. The van der Waals surface area contributed by atoms with Crippen LogP contribution in [0.1, 0.15) is 43.7 Å². The molecule has 0 radical (unpaired) electrons. The Labute approximate surface area is 139 Å². The van der Waals surface area contributed by atoms with Crippen molar-refractivity contribution in [3.05, 3.63) is 35.4 Å². The number of aryl methyl sites for hydroxylation is 1. The normalized spacial score (nSPS) is 25.7. The molecule has 1 aliphatic heterocycles. The fraction of sp³-hybridized carbons (Fsp3) is 0.632. The van der Waals surface area contributed by atoms with Gasteiger partial charge in [-0.15, -0.1) is 0 Å². The Morgan fingerprint density at radius 1 is 1.30 bits per heavy atom. The lowest BCUT2D eigenvalue weighted by molar-refractivity contribution is -0.00917. The standard InChI is InChI=1S/C19H28N2O2/c1-13-5-3-4-6-16(13)11-14(2)20-19(22)21-17-9-10-23-18(12-17)15-7-8-15/h3-6,14-15,17-18H,7-12H2,1-2H3,(H2,20,21,22)/t14-,17+,18+/m0/s1. The molecule has 0 spiro atoms. The zero-order valence-corrected chi connectivity index (χ0v) is 14.2. The fourth-order valence-electron chi connectivity index (χ4n) is 3.43. The molecule has 1 aliphatic carbocycles. The molecule has 2 fully saturated rings. The van der Waals surface area contributed by atoms with Gasteiger partial charge in [-0.2, -0.15) is 0 Å². The van der Waals surface area contributed by atoms with Crippen LogP contribution in [0.2, 0.25) is 0 Å². The molecule has 0 unspecified atom stereocenters. The Morgan fingerprint density at radius 2 is 2.09 bits per heavy atom. The second-order valence-electron chi connectivity index (χ2n) is 7.12. The lowest BCUT2D eigenvalue weighted by Crippen LogP contribution is -2.49. The zero-order chi connectivity index (χ0) is 16.2. The lowest BCUT2D eigenvalue weighted by Gasteiger charge is -2.30. The van der Waals surface area contributed by atoms with Crippen LogP contribution in [0.15, 0.2) is 24.3 Å². The molecule has 2 N–H and O–H groups in total. The maximum absolute atomic E-state index is 12.2. The molecule has 0 bridgehead atoms. The molecular weight excluding hydrogens is 288 g/mol. The summed E-state index contributed by atoms with van der Waals surface area (Å²) >= 11 is 0. The average Bonchev–Trinajstić information content (AvgIpc) is 3.34. The molecule has 2 aliphatic rings. The lowest BCUT2D eigenvalue weighted by atomic mass is 10.00. The molecule has 4 heteroatoms. The molecule has 1 heterocycles. The first-order valence-electron chi connectivity index (χ1n) is 8.85. The number of rotatable bonds is 5. The highest BCUT2D eigenvalue weighted by atomic mass is 16.5. The number of hydrogen-bond donors (Lipinski definition) is 2. The van der Waals surface area contributed by atoms with Crippen molar-refractivity contribution in [3.8, 4) is 0 Å². The first-order valence-corrected chi connectivity index (χ1v) is 8.85. The second-order valence-corrected chi connectivity index (χ2v) is 7.12. The summed E-state index contributed by atoms with van der Waals surface area (Å²) < 4.78 is 5.82. The van der Waals surface area contributed by atoms with Crippen molar-refractivity contribution < 1.29 is 9.53 Å². The second kappa shape index (κ2) is 7.35. The van der Waals surface area contributed by atoms with E-state index in [0.29, 0.717) is 6.10 Å². The fourth-order valence-corrected chi connectivity index (χ4v) is 3.43. The van der Waals surface area contributed by atoms with Crippen molar-refractivity contribution in [2.24, 2.45) is 5.92 Å². The maximum Gasteiger partial charge on any atom is 0.315 e. The van der Waals surface area contributed by atoms with E-state index < -0.39 is 0 Å². The van der Waals surface area contributed by atoms with E-state index in [4.69, 9.17) is 4.74 Å². The van der Waals surface area contributed by atoms with Gasteiger partial charge in [0.05, 0.1) is 6.10 Å². The SMILES string of the molecule is Cc1ccccc1C[C@H](C)NC(=O)N[C@@H]1CCO[C@@H](C2CC2)C1. The van der Waals surface area contributed by atoms with Crippen molar-refractivity contribution in [1.82, 2.24) is 10.6 Å². The van der Waals surface area contributed by atoms with Crippen molar-refractivity contribution in [3.63, 3.8) is 0 Å². The predicted octanol–water partition coefficient (Wildman–Crippen LogP) is 3.18. The molecule has 1 saturated carbocycles. The number of nitrogens with one attached hydrogen (secondary N) is 2. The summed E-state index contributed by atoms with van der Waals surface area (Å²) in [7, 11) is 0. The van der Waals surface area contributed by atoms with E-state index in [2.05, 4.69) is 42.7 Å². The highest BCUT2D eigenvalue weighted by Gasteiger charge is 2.36. The Balaban J connectivity index is 1.44. The van der Waals surface area contributed by atoms with Crippen LogP contribution in [0.5, 0.6) is 0 Å². The first-order chi connectivity index (χ1) is 11.1. The summed E-state index contributed by atoms with van der Waals surface area (Å²) in [5, 5.41) is 6.20. The third-order valence-electron chi connectivity index (χ3n) is 4.96. The molecule has 3 rings (SSSR count). The van der Waals surface area contributed by atoms with E-state index in [-0.39, 0.29) is 18.1 Å². The van der Waals surface area contributed by atoms with Gasteiger partial charge < -0.3 is 15.4 Å². The number of amides is 2. The number of benzene rings is 1. The van der Waals surface area contributed by atoms with E-state index in [1.165, 1.54) is 24.0 Å². The molecule has 4 nitrogen and oxygen atoms in total. The van der Waals surface area contributed by atoms with Gasteiger partial charge >= 0.3 is 6.03 Å². The molecule has 3 atom stereocenters. The summed E-state index contributed by atoms with van der Waals surface area (Å²) in [6.07, 6.45) is 5.68. The maximum atomic E-state index is 12.2. The predicted molar refractivity (Wildman–Crippen MR) is 91.5 cm³/mol. The van der Waals surface area contributed by atoms with Gasteiger partial charge in [-0.1, -0.05) is 24.3 Å². The minimum atomic E-state index is -0.0486. The van der Waals surface area contributed by atoms with Crippen molar-refractivity contribution >= 4 is 6.03 Å². The van der Waals surface area contributed by atoms with Gasteiger partial charge in [-0.25, -0.2) is 4.79 Å². The number of ether oxygens (including phenoxy) is 1. The minimum Gasteiger partial charge on any atom is -0.378 e. The van der Waals surface area contributed by atoms with Crippen molar-refractivity contribution in [2.45, 2.75) is 64.1 Å². The smallest absolute Gasteiger partial charge is 0.315 e. The number of carbonyl (C=O) groups excluding carboxylic acids is 1. The van der Waals surface area contributed by atoms with Crippen LogP contribution in [0.4, 0.5) is 4.79 Å². The number of urea groups is 1. The Kier molecular flexibility index (Phi) is 5.21. The topological polar surface area (TPSA) is 50.4 Å². The van der Waals surface area contributed by atoms with E-state index in [0.717, 1.165) is 31.8 Å². The molecular formula is C19H28N2O2. The Hall–Kier alpha value is -1.55. The van der Waals surface area contributed by atoms with Gasteiger partial charge in [0.1, 0.15) is 0 Å². The van der Waals surface area contributed by atoms with Gasteiger partial charge in [0.15, 0.2) is 0 Å². The van der Waals surface area contributed by atoms with Crippen LogP contribution in [0.3, 0.4) is 0 Å². The van der Waals surface area contributed by atoms with E-state index >= 15 is 0 Å². The van der Waals surface area contributed by atoms with Gasteiger partial charge in [-0.05, 0) is 63.0 Å². The van der Waals surface area contributed by atoms with Crippen LogP contribution >= 0.6 is 0 Å². The number of hydrogen-bond acceptors (Lipinski definition) is 2. The first kappa shape index (κ1) is 16.3. The molecule has 1 aromatic rings. The quantitative estimate of drug-likeness (QED) is 0.876.